The van der Waals surface area contributed by atoms with Crippen LogP contribution < -0.4 is 15.9 Å². The molecule has 3 nitrogen and oxygen atoms in total. The van der Waals surface area contributed by atoms with E-state index in [2.05, 4.69) is 70.2 Å². The lowest BCUT2D eigenvalue weighted by molar-refractivity contribution is 0.592. The van der Waals surface area contributed by atoms with Gasteiger partial charge in [0, 0.05) is 44.0 Å². The monoisotopic (exact) mass is 494 g/mol. The summed E-state index contributed by atoms with van der Waals surface area (Å²) in [4.78, 5) is 4.46. The smallest absolute Gasteiger partial charge is 0.171 e. The quantitative estimate of drug-likeness (QED) is 0.248. The Balaban J connectivity index is 1.53. The van der Waals surface area contributed by atoms with Crippen molar-refractivity contribution in [3.8, 4) is 5.69 Å². The fraction of sp³-hybridized carbons (Fsp3) is 0. The maximum atomic E-state index is 15.3. The minimum atomic E-state index is -3.16. The minimum Gasteiger partial charge on any atom is -0.309 e. The van der Waals surface area contributed by atoms with Gasteiger partial charge in [-0.3, -0.25) is 4.98 Å². The van der Waals surface area contributed by atoms with Crippen molar-refractivity contribution in [2.75, 3.05) is 0 Å². The molecular formula is C33H23N2OP. The zero-order valence-electron chi connectivity index (χ0n) is 20.0. The molecule has 4 heteroatoms. The summed E-state index contributed by atoms with van der Waals surface area (Å²) in [5, 5.41) is 5.68. The molecular weight excluding hydrogens is 471 g/mol. The van der Waals surface area contributed by atoms with Crippen molar-refractivity contribution in [3.05, 3.63) is 140 Å². The van der Waals surface area contributed by atoms with Crippen LogP contribution >= 0.6 is 7.14 Å². The third-order valence-electron chi connectivity index (χ3n) is 7.10. The van der Waals surface area contributed by atoms with Gasteiger partial charge in [0.05, 0.1) is 16.6 Å². The van der Waals surface area contributed by atoms with Crippen LogP contribution in [0.1, 0.15) is 0 Å². The van der Waals surface area contributed by atoms with Gasteiger partial charge in [0.2, 0.25) is 0 Å². The highest BCUT2D eigenvalue weighted by Crippen LogP contribution is 2.44. The summed E-state index contributed by atoms with van der Waals surface area (Å²) in [6.45, 7) is 0. The molecule has 1 atom stereocenters. The van der Waals surface area contributed by atoms with E-state index in [0.717, 1.165) is 54.3 Å². The van der Waals surface area contributed by atoms with E-state index in [-0.39, 0.29) is 0 Å². The van der Waals surface area contributed by atoms with Crippen LogP contribution in [0.15, 0.2) is 140 Å². The number of aromatic nitrogens is 2. The number of rotatable bonds is 4. The van der Waals surface area contributed by atoms with Crippen LogP contribution in [-0.4, -0.2) is 9.55 Å². The molecule has 0 N–H and O–H groups in total. The Hall–Kier alpha value is -4.46. The van der Waals surface area contributed by atoms with Crippen molar-refractivity contribution in [3.63, 3.8) is 0 Å². The number of benzene rings is 5. The molecule has 2 aromatic heterocycles. The van der Waals surface area contributed by atoms with Gasteiger partial charge in [-0.05, 0) is 60.7 Å². The van der Waals surface area contributed by atoms with E-state index in [1.165, 1.54) is 0 Å². The van der Waals surface area contributed by atoms with Gasteiger partial charge in [-0.1, -0.05) is 72.8 Å². The molecule has 176 valence electrons. The summed E-state index contributed by atoms with van der Waals surface area (Å²) in [7, 11) is -3.16. The van der Waals surface area contributed by atoms with Gasteiger partial charge in [-0.15, -0.1) is 0 Å². The molecule has 0 amide bonds. The molecule has 2 heterocycles. The van der Waals surface area contributed by atoms with Crippen molar-refractivity contribution >= 4 is 55.8 Å². The lowest BCUT2D eigenvalue weighted by atomic mass is 10.1. The van der Waals surface area contributed by atoms with Gasteiger partial charge in [0.25, 0.3) is 0 Å². The summed E-state index contributed by atoms with van der Waals surface area (Å²) in [5.41, 5.74) is 4.23. The number of para-hydroxylation sites is 2. The number of nitrogens with zero attached hydrogens (tertiary/aromatic N) is 2. The van der Waals surface area contributed by atoms with Crippen LogP contribution in [0.3, 0.4) is 0 Å². The molecule has 7 rings (SSSR count). The summed E-state index contributed by atoms with van der Waals surface area (Å²) < 4.78 is 17.6. The Morgan fingerprint density at radius 3 is 2.05 bits per heavy atom. The molecule has 0 aliphatic carbocycles. The standard InChI is InChI=1S/C33H23N2OP/c36-37(26-13-5-2-6-14-26,27-17-19-31-24(22-27)10-9-21-34-31)28-18-20-33-30(23-28)29-15-7-8-16-32(29)35(33)25-11-3-1-4-12-25/h1-23H. The summed E-state index contributed by atoms with van der Waals surface area (Å²) in [6.07, 6.45) is 1.79. The number of hydrogen-bond donors (Lipinski definition) is 0. The van der Waals surface area contributed by atoms with Gasteiger partial charge in [-0.25, -0.2) is 0 Å². The van der Waals surface area contributed by atoms with E-state index in [4.69, 9.17) is 0 Å². The minimum absolute atomic E-state index is 0.811. The Morgan fingerprint density at radius 2 is 1.22 bits per heavy atom. The lowest BCUT2D eigenvalue weighted by Crippen LogP contribution is -2.25. The van der Waals surface area contributed by atoms with Crippen molar-refractivity contribution in [2.24, 2.45) is 0 Å². The van der Waals surface area contributed by atoms with Crippen LogP contribution in [0.2, 0.25) is 0 Å². The average molecular weight is 495 g/mol. The average Bonchev–Trinajstić information content (AvgIpc) is 3.31. The predicted molar refractivity (Wildman–Crippen MR) is 155 cm³/mol. The summed E-state index contributed by atoms with van der Waals surface area (Å²) in [5.74, 6) is 0. The maximum Gasteiger partial charge on any atom is 0.171 e. The highest BCUT2D eigenvalue weighted by molar-refractivity contribution is 7.85. The normalized spacial score (nSPS) is 13.2. The van der Waals surface area contributed by atoms with Crippen molar-refractivity contribution in [2.45, 2.75) is 0 Å². The van der Waals surface area contributed by atoms with Crippen LogP contribution in [-0.2, 0) is 4.57 Å². The van der Waals surface area contributed by atoms with Gasteiger partial charge in [-0.2, -0.15) is 0 Å². The largest absolute Gasteiger partial charge is 0.309 e. The molecule has 0 spiro atoms. The van der Waals surface area contributed by atoms with Crippen molar-refractivity contribution in [1.29, 1.82) is 0 Å². The SMILES string of the molecule is O=P(c1ccccc1)(c1ccc2ncccc2c1)c1ccc2c(c1)c1ccccc1n2-c1ccccc1. The van der Waals surface area contributed by atoms with Gasteiger partial charge >= 0.3 is 0 Å². The maximum absolute atomic E-state index is 15.3. The van der Waals surface area contributed by atoms with E-state index in [0.29, 0.717) is 0 Å². The number of pyridine rings is 1. The highest BCUT2D eigenvalue weighted by Gasteiger charge is 2.31. The van der Waals surface area contributed by atoms with Crippen LogP contribution in [0.25, 0.3) is 38.4 Å². The first kappa shape index (κ1) is 21.8. The molecule has 0 bridgehead atoms. The predicted octanol–water partition coefficient (Wildman–Crippen LogP) is 6.97. The molecule has 37 heavy (non-hydrogen) atoms. The Labute approximate surface area is 215 Å². The first-order valence-corrected chi connectivity index (χ1v) is 14.0. The molecule has 0 aliphatic rings. The van der Waals surface area contributed by atoms with Gasteiger partial charge < -0.3 is 9.13 Å². The van der Waals surface area contributed by atoms with Crippen molar-refractivity contribution < 1.29 is 4.57 Å². The van der Waals surface area contributed by atoms with E-state index in [9.17, 15) is 0 Å². The van der Waals surface area contributed by atoms with Crippen molar-refractivity contribution in [1.82, 2.24) is 9.55 Å². The van der Waals surface area contributed by atoms with Gasteiger partial charge in [0.1, 0.15) is 0 Å². The topological polar surface area (TPSA) is 34.9 Å². The lowest BCUT2D eigenvalue weighted by Gasteiger charge is -2.21. The van der Waals surface area contributed by atoms with E-state index >= 15 is 4.57 Å². The third-order valence-corrected chi connectivity index (χ3v) is 10.1. The number of fused-ring (bicyclic) bond motifs is 4. The molecule has 7 aromatic rings. The molecule has 0 aliphatic heterocycles. The van der Waals surface area contributed by atoms with Gasteiger partial charge in [0.15, 0.2) is 7.14 Å². The Kier molecular flexibility index (Phi) is 5.06. The highest BCUT2D eigenvalue weighted by atomic mass is 31.2. The third kappa shape index (κ3) is 3.43. The molecule has 0 radical (unpaired) electrons. The summed E-state index contributed by atoms with van der Waals surface area (Å²) >= 11 is 0. The van der Waals surface area contributed by atoms with E-state index < -0.39 is 7.14 Å². The molecule has 0 fully saturated rings. The zero-order valence-corrected chi connectivity index (χ0v) is 20.9. The molecule has 0 saturated carbocycles. The van der Waals surface area contributed by atoms with E-state index in [1.54, 1.807) is 6.20 Å². The van der Waals surface area contributed by atoms with Crippen LogP contribution in [0.5, 0.6) is 0 Å². The fourth-order valence-electron chi connectivity index (χ4n) is 5.36. The van der Waals surface area contributed by atoms with Crippen LogP contribution in [0.4, 0.5) is 0 Å². The molecule has 5 aromatic carbocycles. The second-order valence-corrected chi connectivity index (χ2v) is 12.0. The first-order chi connectivity index (χ1) is 18.2. The first-order valence-electron chi connectivity index (χ1n) is 12.3. The zero-order chi connectivity index (χ0) is 24.8. The Morgan fingerprint density at radius 1 is 0.541 bits per heavy atom. The number of hydrogen-bond acceptors (Lipinski definition) is 2. The molecule has 0 saturated heterocycles. The van der Waals surface area contributed by atoms with E-state index in [1.807, 2.05) is 72.8 Å². The fourth-order valence-corrected chi connectivity index (χ4v) is 8.04. The molecule has 1 unspecified atom stereocenters. The second kappa shape index (κ2) is 8.58. The van der Waals surface area contributed by atoms with Crippen LogP contribution in [0, 0.1) is 0 Å². The Bertz CT molecular complexity index is 1960. The summed E-state index contributed by atoms with van der Waals surface area (Å²) in [6, 6.07) is 44.9. The second-order valence-electron chi connectivity index (χ2n) is 9.21.